The highest BCUT2D eigenvalue weighted by molar-refractivity contribution is 6.00. The second kappa shape index (κ2) is 7.37. The Morgan fingerprint density at radius 1 is 0.900 bits per heavy atom. The number of carbonyl (C=O) groups excluding carboxylic acids is 1. The van der Waals surface area contributed by atoms with Crippen molar-refractivity contribution in [2.45, 2.75) is 32.0 Å². The number of benzene rings is 3. The first-order chi connectivity index (χ1) is 14.6. The van der Waals surface area contributed by atoms with E-state index in [0.717, 1.165) is 48.2 Å². The first kappa shape index (κ1) is 19.0. The molecule has 3 aromatic rings. The summed E-state index contributed by atoms with van der Waals surface area (Å²) in [5, 5.41) is 0. The van der Waals surface area contributed by atoms with Crippen LogP contribution >= 0.6 is 0 Å². The van der Waals surface area contributed by atoms with Crippen LogP contribution in [0.5, 0.6) is 0 Å². The molecule has 0 saturated carbocycles. The molecule has 30 heavy (non-hydrogen) atoms. The molecule has 4 heteroatoms. The minimum Gasteiger partial charge on any atom is -0.312 e. The average molecular weight is 400 g/mol. The zero-order valence-electron chi connectivity index (χ0n) is 17.1. The summed E-state index contributed by atoms with van der Waals surface area (Å²) in [6.07, 6.45) is 1.98. The van der Waals surface area contributed by atoms with E-state index in [-0.39, 0.29) is 11.7 Å². The number of fused-ring (bicyclic) bond motifs is 3. The lowest BCUT2D eigenvalue weighted by molar-refractivity contribution is -0.00256. The summed E-state index contributed by atoms with van der Waals surface area (Å²) in [6, 6.07) is 23.3. The monoisotopic (exact) mass is 400 g/mol. The maximum absolute atomic E-state index is 13.5. The molecule has 152 valence electrons. The van der Waals surface area contributed by atoms with Crippen molar-refractivity contribution in [2.75, 3.05) is 13.1 Å². The van der Waals surface area contributed by atoms with Gasteiger partial charge < -0.3 is 4.90 Å². The maximum atomic E-state index is 13.5. The number of hydrogen-bond donors (Lipinski definition) is 0. The van der Waals surface area contributed by atoms with Crippen molar-refractivity contribution in [2.24, 2.45) is 0 Å². The third-order valence-corrected chi connectivity index (χ3v) is 6.43. The van der Waals surface area contributed by atoms with Crippen molar-refractivity contribution in [3.05, 3.63) is 106 Å². The Bertz CT molecular complexity index is 1080. The Balaban J connectivity index is 1.73. The highest BCUT2D eigenvalue weighted by atomic mass is 19.1. The van der Waals surface area contributed by atoms with E-state index >= 15 is 0 Å². The molecule has 1 atom stereocenters. The smallest absolute Gasteiger partial charge is 0.256 e. The van der Waals surface area contributed by atoms with E-state index in [2.05, 4.69) is 47.1 Å². The molecular formula is C26H25FN2O. The van der Waals surface area contributed by atoms with Gasteiger partial charge in [-0.25, -0.2) is 4.39 Å². The molecule has 3 aromatic carbocycles. The third-order valence-electron chi connectivity index (χ3n) is 6.43. The van der Waals surface area contributed by atoms with E-state index in [4.69, 9.17) is 0 Å². The molecule has 2 aliphatic heterocycles. The number of nitrogens with zero attached hydrogens (tertiary/aromatic N) is 2. The molecule has 0 aliphatic carbocycles. The van der Waals surface area contributed by atoms with Crippen LogP contribution in [-0.4, -0.2) is 28.8 Å². The van der Waals surface area contributed by atoms with Gasteiger partial charge in [-0.2, -0.15) is 0 Å². The van der Waals surface area contributed by atoms with Gasteiger partial charge >= 0.3 is 0 Å². The molecule has 0 aromatic heterocycles. The summed E-state index contributed by atoms with van der Waals surface area (Å²) in [7, 11) is 0. The van der Waals surface area contributed by atoms with Gasteiger partial charge in [-0.05, 0) is 49.1 Å². The quantitative estimate of drug-likeness (QED) is 0.612. The van der Waals surface area contributed by atoms with E-state index < -0.39 is 5.66 Å². The van der Waals surface area contributed by atoms with Crippen LogP contribution in [0.3, 0.4) is 0 Å². The molecule has 1 saturated heterocycles. The van der Waals surface area contributed by atoms with Crippen LogP contribution in [0.2, 0.25) is 0 Å². The van der Waals surface area contributed by atoms with E-state index in [1.54, 1.807) is 0 Å². The SMILES string of the molecule is Cc1ccc(C23c4ccccc4C(=O)N2CCCCN3Cc2ccc(F)cc2)cc1. The zero-order chi connectivity index (χ0) is 20.7. The van der Waals surface area contributed by atoms with Gasteiger partial charge in [0.2, 0.25) is 0 Å². The fourth-order valence-electron chi connectivity index (χ4n) is 5.03. The molecule has 0 spiro atoms. The molecule has 5 rings (SSSR count). The van der Waals surface area contributed by atoms with Crippen LogP contribution in [0.4, 0.5) is 4.39 Å². The van der Waals surface area contributed by atoms with Gasteiger partial charge in [-0.15, -0.1) is 0 Å². The predicted molar refractivity (Wildman–Crippen MR) is 115 cm³/mol. The van der Waals surface area contributed by atoms with Crippen LogP contribution in [0, 0.1) is 12.7 Å². The number of aryl methyl sites for hydroxylation is 1. The first-order valence-electron chi connectivity index (χ1n) is 10.6. The number of rotatable bonds is 3. The van der Waals surface area contributed by atoms with Crippen LogP contribution in [0.15, 0.2) is 72.8 Å². The van der Waals surface area contributed by atoms with Gasteiger partial charge in [0, 0.05) is 30.8 Å². The summed E-state index contributed by atoms with van der Waals surface area (Å²) in [5.41, 5.74) is 4.52. The van der Waals surface area contributed by atoms with Gasteiger partial charge in [0.25, 0.3) is 5.91 Å². The molecule has 3 nitrogen and oxygen atoms in total. The maximum Gasteiger partial charge on any atom is 0.256 e. The number of carbonyl (C=O) groups is 1. The minimum atomic E-state index is -0.647. The van der Waals surface area contributed by atoms with Gasteiger partial charge in [0.1, 0.15) is 11.5 Å². The second-order valence-corrected chi connectivity index (χ2v) is 8.30. The van der Waals surface area contributed by atoms with Gasteiger partial charge in [-0.3, -0.25) is 9.69 Å². The lowest BCUT2D eigenvalue weighted by atomic mass is 9.88. The van der Waals surface area contributed by atoms with Gasteiger partial charge in [0.15, 0.2) is 0 Å². The van der Waals surface area contributed by atoms with Crippen LogP contribution < -0.4 is 0 Å². The Kier molecular flexibility index (Phi) is 4.67. The van der Waals surface area contributed by atoms with E-state index in [1.165, 1.54) is 17.7 Å². The molecule has 0 radical (unpaired) electrons. The standard InChI is InChI=1S/C26H25FN2O/c1-19-8-12-21(13-9-19)26-24-7-3-2-6-23(24)25(30)29(26)17-5-4-16-28(26)18-20-10-14-22(27)15-11-20/h2-3,6-15H,4-5,16-18H2,1H3. The first-order valence-corrected chi connectivity index (χ1v) is 10.6. The Morgan fingerprint density at radius 3 is 2.37 bits per heavy atom. The topological polar surface area (TPSA) is 23.6 Å². The van der Waals surface area contributed by atoms with Crippen molar-refractivity contribution in [3.8, 4) is 0 Å². The highest BCUT2D eigenvalue weighted by Gasteiger charge is 2.54. The van der Waals surface area contributed by atoms with Crippen LogP contribution in [-0.2, 0) is 12.2 Å². The summed E-state index contributed by atoms with van der Waals surface area (Å²) >= 11 is 0. The molecule has 2 heterocycles. The van der Waals surface area contributed by atoms with Gasteiger partial charge in [0.05, 0.1) is 0 Å². The lowest BCUT2D eigenvalue weighted by Crippen LogP contribution is -2.55. The zero-order valence-corrected chi connectivity index (χ0v) is 17.1. The minimum absolute atomic E-state index is 0.0946. The number of hydrogen-bond acceptors (Lipinski definition) is 2. The molecule has 1 fully saturated rings. The predicted octanol–water partition coefficient (Wildman–Crippen LogP) is 5.09. The summed E-state index contributed by atoms with van der Waals surface area (Å²) in [5.74, 6) is -0.136. The van der Waals surface area contributed by atoms with Crippen LogP contribution in [0.1, 0.15) is 45.5 Å². The van der Waals surface area contributed by atoms with E-state index in [0.29, 0.717) is 6.54 Å². The molecular weight excluding hydrogens is 375 g/mol. The second-order valence-electron chi connectivity index (χ2n) is 8.30. The third kappa shape index (κ3) is 2.86. The average Bonchev–Trinajstić information content (AvgIpc) is 2.89. The Labute approximate surface area is 176 Å². The summed E-state index contributed by atoms with van der Waals surface area (Å²) in [4.78, 5) is 18.0. The Hall–Kier alpha value is -2.98. The summed E-state index contributed by atoms with van der Waals surface area (Å²) < 4.78 is 13.5. The van der Waals surface area contributed by atoms with Crippen molar-refractivity contribution in [1.82, 2.24) is 9.80 Å². The largest absolute Gasteiger partial charge is 0.312 e. The van der Waals surface area contributed by atoms with Crippen molar-refractivity contribution in [1.29, 1.82) is 0 Å². The van der Waals surface area contributed by atoms with E-state index in [1.807, 2.05) is 30.3 Å². The highest BCUT2D eigenvalue weighted by Crippen LogP contribution is 2.48. The van der Waals surface area contributed by atoms with Crippen LogP contribution in [0.25, 0.3) is 0 Å². The van der Waals surface area contributed by atoms with Gasteiger partial charge in [-0.1, -0.05) is 60.2 Å². The Morgan fingerprint density at radius 2 is 1.60 bits per heavy atom. The fourth-order valence-corrected chi connectivity index (χ4v) is 5.03. The molecule has 0 N–H and O–H groups in total. The molecule has 0 bridgehead atoms. The van der Waals surface area contributed by atoms with Crippen molar-refractivity contribution in [3.63, 3.8) is 0 Å². The fraction of sp³-hybridized carbons (Fsp3) is 0.269. The summed E-state index contributed by atoms with van der Waals surface area (Å²) in [6.45, 7) is 4.31. The van der Waals surface area contributed by atoms with Crippen molar-refractivity contribution < 1.29 is 9.18 Å². The van der Waals surface area contributed by atoms with Crippen molar-refractivity contribution >= 4 is 5.91 Å². The molecule has 1 amide bonds. The lowest BCUT2D eigenvalue weighted by Gasteiger charge is -2.46. The molecule has 1 unspecified atom stereocenters. The van der Waals surface area contributed by atoms with E-state index in [9.17, 15) is 9.18 Å². The number of halogens is 1. The number of amides is 1. The normalized spacial score (nSPS) is 21.3. The molecule has 2 aliphatic rings.